The number of para-hydroxylation sites is 1. The molecule has 0 unspecified atom stereocenters. The number of aliphatic imine (C=N–C) groups is 2. The maximum absolute atomic E-state index is 13.3. The van der Waals surface area contributed by atoms with E-state index in [0.717, 1.165) is 23.9 Å². The minimum Gasteiger partial charge on any atom is -0.467 e. The molecular weight excluding hydrogens is 547 g/mol. The predicted octanol–water partition coefficient (Wildman–Crippen LogP) is 4.73. The largest absolute Gasteiger partial charge is 0.467 e. The molecule has 2 aliphatic heterocycles. The number of hydrogen-bond donors (Lipinski definition) is 2. The summed E-state index contributed by atoms with van der Waals surface area (Å²) in [5.74, 6) is -0.446. The van der Waals surface area contributed by atoms with E-state index in [9.17, 15) is 27.6 Å². The Bertz CT molecular complexity index is 1500. The number of amidine groups is 2. The average molecular weight is 570 g/mol. The molecule has 1 aromatic heterocycles. The molecule has 0 bridgehead atoms. The number of nitrogens with zero attached hydrogens (tertiary/aromatic N) is 3. The van der Waals surface area contributed by atoms with Gasteiger partial charge in [0.25, 0.3) is 5.91 Å². The molecule has 2 aromatic carbocycles. The van der Waals surface area contributed by atoms with Gasteiger partial charge in [0.15, 0.2) is 5.17 Å². The number of anilines is 1. The number of nitrogens with one attached hydrogen (secondary N) is 2. The number of furan rings is 1. The van der Waals surface area contributed by atoms with Crippen molar-refractivity contribution in [1.82, 2.24) is 10.2 Å². The van der Waals surface area contributed by atoms with Gasteiger partial charge in [0.05, 0.1) is 29.8 Å². The highest BCUT2D eigenvalue weighted by Crippen LogP contribution is 2.34. The molecule has 0 spiro atoms. The van der Waals surface area contributed by atoms with E-state index in [1.165, 1.54) is 23.3 Å². The fraction of sp³-hybridized carbons (Fsp3) is 0.222. The zero-order chi connectivity index (χ0) is 28.3. The highest BCUT2D eigenvalue weighted by molar-refractivity contribution is 8.14. The molecule has 2 N–H and O–H groups in total. The number of thioether (sulfide) groups is 1. The van der Waals surface area contributed by atoms with Crippen LogP contribution in [0.15, 0.2) is 81.3 Å². The van der Waals surface area contributed by atoms with E-state index in [-0.39, 0.29) is 47.8 Å². The number of rotatable bonds is 8. The van der Waals surface area contributed by atoms with E-state index >= 15 is 0 Å². The second-order valence-electron chi connectivity index (χ2n) is 8.86. The topological polar surface area (TPSA) is 116 Å². The van der Waals surface area contributed by atoms with Crippen LogP contribution < -0.4 is 10.6 Å². The van der Waals surface area contributed by atoms with Crippen LogP contribution in [0, 0.1) is 0 Å². The first-order valence-electron chi connectivity index (χ1n) is 12.2. The first-order chi connectivity index (χ1) is 19.2. The standard InChI is InChI=1S/C27H22F3N5O4S/c28-27(29,30)16-5-3-6-17(13-16)32-23(37)15-40-26-34-20-9-2-1-8-19(20)24-33-21(25(38)35(24)26)10-11-22(36)31-14-18-7-4-12-39-18/h1-9,12-13,21H,10-11,14-15H2,(H,31,36)(H,32,37)/t21-/m0/s1. The van der Waals surface area contributed by atoms with Gasteiger partial charge in [-0.2, -0.15) is 13.2 Å². The monoisotopic (exact) mass is 569 g/mol. The van der Waals surface area contributed by atoms with Crippen molar-refractivity contribution in [3.8, 4) is 0 Å². The molecule has 0 aliphatic carbocycles. The van der Waals surface area contributed by atoms with Gasteiger partial charge in [-0.05, 0) is 48.9 Å². The van der Waals surface area contributed by atoms with Crippen LogP contribution in [-0.4, -0.2) is 45.4 Å². The van der Waals surface area contributed by atoms with Gasteiger partial charge in [-0.3, -0.25) is 19.4 Å². The molecule has 3 aromatic rings. The van der Waals surface area contributed by atoms with Gasteiger partial charge in [0.1, 0.15) is 17.6 Å². The van der Waals surface area contributed by atoms with Gasteiger partial charge >= 0.3 is 6.18 Å². The van der Waals surface area contributed by atoms with E-state index in [1.807, 2.05) is 0 Å². The molecule has 0 fully saturated rings. The molecule has 0 radical (unpaired) electrons. The third-order valence-electron chi connectivity index (χ3n) is 6.04. The van der Waals surface area contributed by atoms with Crippen molar-refractivity contribution < 1.29 is 32.0 Å². The predicted molar refractivity (Wildman–Crippen MR) is 143 cm³/mol. The number of fused-ring (bicyclic) bond motifs is 3. The summed E-state index contributed by atoms with van der Waals surface area (Å²) in [5.41, 5.74) is 0.318. The molecule has 9 nitrogen and oxygen atoms in total. The molecule has 40 heavy (non-hydrogen) atoms. The second-order valence-corrected chi connectivity index (χ2v) is 9.81. The lowest BCUT2D eigenvalue weighted by molar-refractivity contribution is -0.137. The van der Waals surface area contributed by atoms with Crippen LogP contribution in [0.2, 0.25) is 0 Å². The Morgan fingerprint density at radius 2 is 1.88 bits per heavy atom. The molecule has 13 heteroatoms. The fourth-order valence-corrected chi connectivity index (χ4v) is 4.94. The van der Waals surface area contributed by atoms with Crippen LogP contribution in [0.25, 0.3) is 0 Å². The van der Waals surface area contributed by atoms with Crippen molar-refractivity contribution in [2.45, 2.75) is 31.6 Å². The summed E-state index contributed by atoms with van der Waals surface area (Å²) in [6, 6.07) is 14.0. The summed E-state index contributed by atoms with van der Waals surface area (Å²) >= 11 is 0.962. The van der Waals surface area contributed by atoms with E-state index in [0.29, 0.717) is 22.8 Å². The average Bonchev–Trinajstić information content (AvgIpc) is 3.57. The number of benzene rings is 2. The Balaban J connectivity index is 1.25. The zero-order valence-electron chi connectivity index (χ0n) is 20.8. The smallest absolute Gasteiger partial charge is 0.416 e. The quantitative estimate of drug-likeness (QED) is 0.407. The fourth-order valence-electron chi connectivity index (χ4n) is 4.14. The van der Waals surface area contributed by atoms with Crippen molar-refractivity contribution in [1.29, 1.82) is 0 Å². The first kappa shape index (κ1) is 27.2. The molecule has 0 saturated heterocycles. The van der Waals surface area contributed by atoms with E-state index < -0.39 is 23.7 Å². The lowest BCUT2D eigenvalue weighted by atomic mass is 10.1. The van der Waals surface area contributed by atoms with Crippen LogP contribution in [0.4, 0.5) is 24.5 Å². The number of alkyl halides is 3. The summed E-state index contributed by atoms with van der Waals surface area (Å²) in [5, 5.41) is 5.40. The number of hydrogen-bond acceptors (Lipinski definition) is 7. The number of amides is 3. The maximum atomic E-state index is 13.3. The van der Waals surface area contributed by atoms with E-state index in [2.05, 4.69) is 20.6 Å². The van der Waals surface area contributed by atoms with Crippen LogP contribution in [0.5, 0.6) is 0 Å². The summed E-state index contributed by atoms with van der Waals surface area (Å²) < 4.78 is 44.2. The number of carbonyl (C=O) groups is 3. The van der Waals surface area contributed by atoms with Crippen LogP contribution in [0.3, 0.4) is 0 Å². The minimum atomic E-state index is -4.54. The lowest BCUT2D eigenvalue weighted by Gasteiger charge is -2.25. The zero-order valence-corrected chi connectivity index (χ0v) is 21.6. The van der Waals surface area contributed by atoms with Crippen LogP contribution in [-0.2, 0) is 27.1 Å². The third-order valence-corrected chi connectivity index (χ3v) is 6.98. The molecule has 1 atom stereocenters. The van der Waals surface area contributed by atoms with Crippen molar-refractivity contribution in [2.75, 3.05) is 11.1 Å². The maximum Gasteiger partial charge on any atom is 0.416 e. The van der Waals surface area contributed by atoms with Gasteiger partial charge in [-0.15, -0.1) is 0 Å². The van der Waals surface area contributed by atoms with Gasteiger partial charge in [-0.1, -0.05) is 30.0 Å². The van der Waals surface area contributed by atoms with Crippen molar-refractivity contribution in [3.63, 3.8) is 0 Å². The molecule has 2 aliphatic rings. The van der Waals surface area contributed by atoms with Gasteiger partial charge < -0.3 is 15.1 Å². The second kappa shape index (κ2) is 11.4. The summed E-state index contributed by atoms with van der Waals surface area (Å²) in [6.07, 6.45) is -2.81. The lowest BCUT2D eigenvalue weighted by Crippen LogP contribution is -2.41. The Morgan fingerprint density at radius 1 is 1.05 bits per heavy atom. The van der Waals surface area contributed by atoms with E-state index in [4.69, 9.17) is 4.42 Å². The molecular formula is C27H22F3N5O4S. The Hall–Kier alpha value is -4.39. The molecule has 0 saturated carbocycles. The summed E-state index contributed by atoms with van der Waals surface area (Å²) in [6.45, 7) is 0.231. The normalized spacial score (nSPS) is 16.1. The minimum absolute atomic E-state index is 0.00115. The molecule has 206 valence electrons. The molecule has 3 heterocycles. The van der Waals surface area contributed by atoms with Gasteiger partial charge in [-0.25, -0.2) is 9.89 Å². The number of halogens is 3. The van der Waals surface area contributed by atoms with Crippen LogP contribution >= 0.6 is 11.8 Å². The molecule has 3 amide bonds. The van der Waals surface area contributed by atoms with Crippen molar-refractivity contribution in [2.24, 2.45) is 9.98 Å². The Kier molecular flexibility index (Phi) is 7.74. The highest BCUT2D eigenvalue weighted by atomic mass is 32.2. The highest BCUT2D eigenvalue weighted by Gasteiger charge is 2.41. The number of carbonyl (C=O) groups excluding carboxylic acids is 3. The first-order valence-corrected chi connectivity index (χ1v) is 13.2. The van der Waals surface area contributed by atoms with Crippen LogP contribution in [0.1, 0.15) is 29.7 Å². The molecule has 5 rings (SSSR count). The van der Waals surface area contributed by atoms with Gasteiger partial charge in [0, 0.05) is 17.7 Å². The SMILES string of the molecule is O=C(CC[C@@H]1N=C2c3ccccc3N=C(SCC(=O)Nc3cccc(C(F)(F)F)c3)N2C1=O)NCc1ccco1. The van der Waals surface area contributed by atoms with Gasteiger partial charge in [0.2, 0.25) is 11.8 Å². The Morgan fingerprint density at radius 3 is 2.65 bits per heavy atom. The summed E-state index contributed by atoms with van der Waals surface area (Å²) in [7, 11) is 0. The van der Waals surface area contributed by atoms with Crippen molar-refractivity contribution >= 4 is 51.9 Å². The third kappa shape index (κ3) is 6.09. The Labute approximate surface area is 230 Å². The summed E-state index contributed by atoms with van der Waals surface area (Å²) in [4.78, 5) is 48.7. The van der Waals surface area contributed by atoms with E-state index in [1.54, 1.807) is 36.4 Å². The van der Waals surface area contributed by atoms with Crippen molar-refractivity contribution in [3.05, 3.63) is 83.8 Å².